The first-order chi connectivity index (χ1) is 12.8. The molecule has 1 aliphatic rings. The summed E-state index contributed by atoms with van der Waals surface area (Å²) in [4.78, 5) is 11.2. The fraction of sp³-hybridized carbons (Fsp3) is 0.421. The highest BCUT2D eigenvalue weighted by Gasteiger charge is 2.16. The fourth-order valence-electron chi connectivity index (χ4n) is 3.35. The van der Waals surface area contributed by atoms with Crippen LogP contribution in [0.25, 0.3) is 11.0 Å². The van der Waals surface area contributed by atoms with E-state index in [9.17, 15) is 0 Å². The Hall–Kier alpha value is -2.67. The number of fused-ring (bicyclic) bond motifs is 1. The van der Waals surface area contributed by atoms with Crippen molar-refractivity contribution < 1.29 is 0 Å². The molecule has 0 radical (unpaired) electrons. The summed E-state index contributed by atoms with van der Waals surface area (Å²) < 4.78 is 0. The van der Waals surface area contributed by atoms with Crippen LogP contribution < -0.4 is 10.6 Å². The average molecular weight is 351 g/mol. The molecule has 7 heteroatoms. The Morgan fingerprint density at radius 1 is 1.12 bits per heavy atom. The molecular formula is C19H25N7. The second kappa shape index (κ2) is 7.70. The van der Waals surface area contributed by atoms with E-state index in [1.54, 1.807) is 12.4 Å². The number of aromatic amines is 1. The lowest BCUT2D eigenvalue weighted by molar-refractivity contribution is 0.226. The molecule has 0 amide bonds. The number of aromatic nitrogens is 4. The summed E-state index contributed by atoms with van der Waals surface area (Å²) in [5.41, 5.74) is 2.96. The number of H-pyrrole nitrogens is 1. The molecule has 0 saturated carbocycles. The Morgan fingerprint density at radius 3 is 2.81 bits per heavy atom. The van der Waals surface area contributed by atoms with Crippen LogP contribution in [0.4, 0.5) is 11.5 Å². The van der Waals surface area contributed by atoms with Crippen LogP contribution >= 0.6 is 0 Å². The van der Waals surface area contributed by atoms with E-state index in [-0.39, 0.29) is 0 Å². The van der Waals surface area contributed by atoms with Crippen molar-refractivity contribution in [3.63, 3.8) is 0 Å². The van der Waals surface area contributed by atoms with Gasteiger partial charge in [-0.2, -0.15) is 5.10 Å². The van der Waals surface area contributed by atoms with Crippen molar-refractivity contribution in [3.05, 3.63) is 42.4 Å². The van der Waals surface area contributed by atoms with Gasteiger partial charge in [0.2, 0.25) is 0 Å². The molecule has 136 valence electrons. The summed E-state index contributed by atoms with van der Waals surface area (Å²) >= 11 is 0. The summed E-state index contributed by atoms with van der Waals surface area (Å²) in [6.45, 7) is 4.12. The zero-order valence-electron chi connectivity index (χ0n) is 15.1. The van der Waals surface area contributed by atoms with Crippen LogP contribution in [0.15, 0.2) is 36.8 Å². The Morgan fingerprint density at radius 2 is 2.00 bits per heavy atom. The van der Waals surface area contributed by atoms with E-state index in [0.717, 1.165) is 40.6 Å². The molecule has 26 heavy (non-hydrogen) atoms. The number of hydrogen-bond acceptors (Lipinski definition) is 6. The third-order valence-corrected chi connectivity index (χ3v) is 5.07. The molecule has 3 aromatic heterocycles. The first-order valence-electron chi connectivity index (χ1n) is 9.17. The molecule has 1 saturated heterocycles. The first kappa shape index (κ1) is 16.8. The zero-order valence-corrected chi connectivity index (χ0v) is 15.1. The van der Waals surface area contributed by atoms with Crippen LogP contribution in [0.2, 0.25) is 0 Å². The highest BCUT2D eigenvalue weighted by Crippen LogP contribution is 2.20. The van der Waals surface area contributed by atoms with Gasteiger partial charge in [-0.25, -0.2) is 9.97 Å². The van der Waals surface area contributed by atoms with Gasteiger partial charge in [0.25, 0.3) is 0 Å². The van der Waals surface area contributed by atoms with E-state index < -0.39 is 0 Å². The Bertz CT molecular complexity index is 834. The molecule has 4 heterocycles. The highest BCUT2D eigenvalue weighted by atomic mass is 15.1. The van der Waals surface area contributed by atoms with Crippen molar-refractivity contribution in [2.24, 2.45) is 5.92 Å². The van der Waals surface area contributed by atoms with Crippen LogP contribution in [0.5, 0.6) is 0 Å². The van der Waals surface area contributed by atoms with Crippen LogP contribution in [0.3, 0.4) is 0 Å². The molecule has 1 aliphatic heterocycles. The molecule has 0 unspecified atom stereocenters. The topological polar surface area (TPSA) is 81.8 Å². The van der Waals surface area contributed by atoms with Gasteiger partial charge in [0, 0.05) is 31.2 Å². The first-order valence-corrected chi connectivity index (χ1v) is 9.17. The van der Waals surface area contributed by atoms with Gasteiger partial charge in [-0.05, 0) is 56.6 Å². The summed E-state index contributed by atoms with van der Waals surface area (Å²) in [5.74, 6) is 1.70. The second-order valence-electron chi connectivity index (χ2n) is 7.02. The van der Waals surface area contributed by atoms with Crippen LogP contribution in [-0.2, 0) is 6.54 Å². The summed E-state index contributed by atoms with van der Waals surface area (Å²) in [6.07, 6.45) is 8.02. The van der Waals surface area contributed by atoms with Gasteiger partial charge in [0.15, 0.2) is 5.65 Å². The van der Waals surface area contributed by atoms with Crippen molar-refractivity contribution in [1.29, 1.82) is 0 Å². The molecule has 7 nitrogen and oxygen atoms in total. The van der Waals surface area contributed by atoms with Crippen LogP contribution in [0.1, 0.15) is 18.4 Å². The molecule has 3 aromatic rings. The molecular weight excluding hydrogens is 326 g/mol. The molecule has 0 spiro atoms. The maximum atomic E-state index is 4.55. The maximum Gasteiger partial charge on any atom is 0.157 e. The van der Waals surface area contributed by atoms with Gasteiger partial charge in [-0.15, -0.1) is 0 Å². The van der Waals surface area contributed by atoms with E-state index in [4.69, 9.17) is 0 Å². The zero-order chi connectivity index (χ0) is 17.8. The van der Waals surface area contributed by atoms with Gasteiger partial charge < -0.3 is 15.5 Å². The number of anilines is 2. The molecule has 0 bridgehead atoms. The maximum absolute atomic E-state index is 4.55. The lowest BCUT2D eigenvalue weighted by atomic mass is 9.97. The van der Waals surface area contributed by atoms with Crippen molar-refractivity contribution >= 4 is 22.5 Å². The standard InChI is InChI=1S/C19H25N7/c1-26-8-5-14(6-9-26)10-22-18-3-2-15(12-23-18)11-21-17-4-7-20-19-16(17)13-24-25-19/h2-4,7,12-14H,5-6,8-11H2,1H3,(H,22,23)(H2,20,21,24,25). The number of rotatable bonds is 6. The number of nitrogens with one attached hydrogen (secondary N) is 3. The Kier molecular flexibility index (Phi) is 4.97. The van der Waals surface area contributed by atoms with Gasteiger partial charge in [-0.1, -0.05) is 6.07 Å². The third kappa shape index (κ3) is 3.94. The minimum absolute atomic E-state index is 0.715. The lowest BCUT2D eigenvalue weighted by Crippen LogP contribution is -2.33. The summed E-state index contributed by atoms with van der Waals surface area (Å²) in [6, 6.07) is 6.14. The number of likely N-dealkylation sites (tertiary alicyclic amines) is 1. The lowest BCUT2D eigenvalue weighted by Gasteiger charge is -2.29. The van der Waals surface area contributed by atoms with E-state index >= 15 is 0 Å². The minimum Gasteiger partial charge on any atom is -0.380 e. The number of hydrogen-bond donors (Lipinski definition) is 3. The van der Waals surface area contributed by atoms with E-state index in [2.05, 4.69) is 54.9 Å². The monoisotopic (exact) mass is 351 g/mol. The molecule has 0 aromatic carbocycles. The average Bonchev–Trinajstić information content (AvgIpc) is 3.16. The number of pyridine rings is 2. The molecule has 3 N–H and O–H groups in total. The highest BCUT2D eigenvalue weighted by molar-refractivity contribution is 5.87. The molecule has 0 aliphatic carbocycles. The van der Waals surface area contributed by atoms with Crippen LogP contribution in [-0.4, -0.2) is 51.7 Å². The van der Waals surface area contributed by atoms with E-state index in [1.165, 1.54) is 25.9 Å². The molecule has 0 atom stereocenters. The summed E-state index contributed by atoms with van der Waals surface area (Å²) in [7, 11) is 2.20. The van der Waals surface area contributed by atoms with Gasteiger partial charge in [0.05, 0.1) is 11.6 Å². The fourth-order valence-corrected chi connectivity index (χ4v) is 3.35. The molecule has 1 fully saturated rings. The van der Waals surface area contributed by atoms with E-state index in [0.29, 0.717) is 6.54 Å². The van der Waals surface area contributed by atoms with Crippen molar-refractivity contribution in [3.8, 4) is 0 Å². The normalized spacial score (nSPS) is 16.0. The van der Waals surface area contributed by atoms with Gasteiger partial charge in [0.1, 0.15) is 5.82 Å². The van der Waals surface area contributed by atoms with Crippen molar-refractivity contribution in [2.75, 3.05) is 37.3 Å². The Balaban J connectivity index is 1.29. The van der Waals surface area contributed by atoms with Crippen LogP contribution in [0, 0.1) is 5.92 Å². The predicted octanol–water partition coefficient (Wildman–Crippen LogP) is 2.72. The molecule has 4 rings (SSSR count). The Labute approximate surface area is 153 Å². The summed E-state index contributed by atoms with van der Waals surface area (Å²) in [5, 5.41) is 14.8. The van der Waals surface area contributed by atoms with Gasteiger partial charge in [-0.3, -0.25) is 5.10 Å². The number of piperidine rings is 1. The van der Waals surface area contributed by atoms with Gasteiger partial charge >= 0.3 is 0 Å². The van der Waals surface area contributed by atoms with Crippen molar-refractivity contribution in [2.45, 2.75) is 19.4 Å². The van der Waals surface area contributed by atoms with Crippen molar-refractivity contribution in [1.82, 2.24) is 25.1 Å². The quantitative estimate of drug-likeness (QED) is 0.633. The minimum atomic E-state index is 0.715. The third-order valence-electron chi connectivity index (χ3n) is 5.07. The SMILES string of the molecule is CN1CCC(CNc2ccc(CNc3ccnc4[nH]ncc34)cn2)CC1. The van der Waals surface area contributed by atoms with E-state index in [1.807, 2.05) is 12.3 Å². The number of nitrogens with zero attached hydrogens (tertiary/aromatic N) is 4. The second-order valence-corrected chi connectivity index (χ2v) is 7.02. The smallest absolute Gasteiger partial charge is 0.157 e. The predicted molar refractivity (Wildman–Crippen MR) is 104 cm³/mol. The largest absolute Gasteiger partial charge is 0.380 e.